The lowest BCUT2D eigenvalue weighted by Gasteiger charge is -2.51. The highest BCUT2D eigenvalue weighted by atomic mass is 16.8. The summed E-state index contributed by atoms with van der Waals surface area (Å²) in [6.07, 6.45) is -142. The van der Waals surface area contributed by atoms with Crippen molar-refractivity contribution in [3.8, 4) is 0 Å². The zero-order chi connectivity index (χ0) is 110. The molecule has 13 rings (SSSR count). The summed E-state index contributed by atoms with van der Waals surface area (Å²) in [7, 11) is 0. The molecule has 0 radical (unpaired) electrons. The monoisotopic (exact) mass is 2210 g/mol. The first-order valence-corrected chi connectivity index (χ1v) is 47.7. The lowest BCUT2D eigenvalue weighted by Crippen LogP contribution is -2.70. The highest BCUT2D eigenvalue weighted by Gasteiger charge is 2.64. The molecule has 68 nitrogen and oxygen atoms in total. The van der Waals surface area contributed by atoms with Gasteiger partial charge in [0.25, 0.3) is 0 Å². The van der Waals surface area contributed by atoms with Gasteiger partial charge in [0.05, 0.1) is 85.9 Å². The van der Waals surface area contributed by atoms with Crippen LogP contribution < -0.4 is 10.6 Å². The second kappa shape index (κ2) is 53.8. The minimum atomic E-state index is -2.84. The third-order valence-corrected chi connectivity index (χ3v) is 28.0. The number of rotatable bonds is 39. The quantitative estimate of drug-likeness (QED) is 0.0272. The largest absolute Gasteiger partial charge is 0.394 e. The summed E-state index contributed by atoms with van der Waals surface area (Å²) < 4.78 is 148. The molecule has 13 fully saturated rings. The third kappa shape index (κ3) is 26.5. The first kappa shape index (κ1) is 123. The molecule has 0 aromatic heterocycles. The smallest absolute Gasteiger partial charge is 0.217 e. The van der Waals surface area contributed by atoms with E-state index in [2.05, 4.69) is 10.6 Å². The molecule has 872 valence electrons. The second-order valence-electron chi connectivity index (χ2n) is 38.0. The maximum atomic E-state index is 13.3. The van der Waals surface area contributed by atoms with Crippen molar-refractivity contribution in [2.24, 2.45) is 0 Å². The van der Waals surface area contributed by atoms with Crippen molar-refractivity contribution in [1.82, 2.24) is 10.6 Å². The number of ether oxygens (including phenoxy) is 25. The summed E-state index contributed by atoms with van der Waals surface area (Å²) in [5.74, 6) is -1.91. The number of nitrogens with one attached hydrogen (secondary N) is 2. The lowest BCUT2D eigenvalue weighted by molar-refractivity contribution is -0.410. The van der Waals surface area contributed by atoms with Gasteiger partial charge >= 0.3 is 0 Å². The van der Waals surface area contributed by atoms with E-state index < -0.39 is 497 Å². The molecule has 0 spiro atoms. The van der Waals surface area contributed by atoms with Gasteiger partial charge in [0.2, 0.25) is 11.8 Å². The van der Waals surface area contributed by atoms with Gasteiger partial charge in [-0.1, -0.05) is 0 Å². The number of amides is 2. The Morgan fingerprint density at radius 3 is 0.713 bits per heavy atom. The lowest BCUT2D eigenvalue weighted by atomic mass is 9.94. The van der Waals surface area contributed by atoms with E-state index in [1.165, 1.54) is 0 Å². The maximum Gasteiger partial charge on any atom is 0.217 e. The molecule has 13 heterocycles. The maximum absolute atomic E-state index is 13.3. The van der Waals surface area contributed by atoms with Gasteiger partial charge in [-0.25, -0.2) is 0 Å². The van der Waals surface area contributed by atoms with Crippen LogP contribution in [0.1, 0.15) is 13.8 Å². The van der Waals surface area contributed by atoms with Crippen molar-refractivity contribution in [3.05, 3.63) is 0 Å². The van der Waals surface area contributed by atoms with Crippen LogP contribution in [-0.2, 0) is 128 Å². The van der Waals surface area contributed by atoms with Crippen LogP contribution >= 0.6 is 0 Å². The average molecular weight is 2210 g/mol. The fourth-order valence-electron chi connectivity index (χ4n) is 19.2. The molecule has 65 atom stereocenters. The molecule has 1 unspecified atom stereocenters. The van der Waals surface area contributed by atoms with E-state index in [-0.39, 0.29) is 0 Å². The van der Waals surface area contributed by atoms with Crippen LogP contribution in [-0.4, -0.2) is 696 Å². The van der Waals surface area contributed by atoms with E-state index in [1.807, 2.05) is 0 Å². The van der Waals surface area contributed by atoms with Crippen LogP contribution in [0.5, 0.6) is 0 Å². The summed E-state index contributed by atoms with van der Waals surface area (Å²) in [4.78, 5) is 25.6. The second-order valence-corrected chi connectivity index (χ2v) is 38.0. The van der Waals surface area contributed by atoms with Crippen LogP contribution in [0.25, 0.3) is 0 Å². The minimum absolute atomic E-state index is 0.860. The normalized spacial score (nSPS) is 52.1. The summed E-state index contributed by atoms with van der Waals surface area (Å²) in [6, 6.07) is -3.84. The molecule has 0 bridgehead atoms. The molecule has 68 heteroatoms. The standard InChI is InChI=1S/C82H138N2O66/c1-16(94)83-31-44(107)62(25(10-92)130-70(31)125)143-71-32(84-17(2)95)45(108)63(26(11-93)138-71)144-78-61(124)65(146-82-69(150-81-68(53(116)39(102)24(9-91)137-81)148-77-59(122)49(112)36(99)21(6-88)134-77)54(117)41(104)28(142-82)13-127-73-56(119)50(113)40(103)27(139-73)12-126-72-55(118)46(109)33(96)18(3-85)131-72)43(106)30(141-78)14-128-74-60(123)64(145-75-57(120)47(110)34(97)19(4-86)132-75)42(105)29(140-74)15-129-79-66(51(114)37(100)22(7-89)135-79)149-80-67(52(115)38(101)23(8-90)136-80)147-76-58(121)48(111)35(98)20(5-87)133-76/h18-82,85-93,96-125H,3-15H2,1-2H3,(H,83,94)(H,84,95)/t18-,19-,20-,21-,22-,23-,24-,25-,26-,27-,28-,29-,30-,31-,32-,33-,34-,35-,36-,37-,38-,39-,40-,41-,42-,43-,44-,45-,46+,47+,48+,49+,50+,51+,52+,53+,54+,55+,56+,57+,58+,59+,60+,61+,62-,63-,64+,65+,66+,67+,68+,69+,70?,71+,72+,73+,74+,75-,76-,77-,78+,79+,80-,81-,82-/m1/s1. The summed E-state index contributed by atoms with van der Waals surface area (Å²) in [5.41, 5.74) is 0. The van der Waals surface area contributed by atoms with E-state index in [1.54, 1.807) is 0 Å². The van der Waals surface area contributed by atoms with Crippen molar-refractivity contribution in [2.45, 2.75) is 413 Å². The number of aliphatic hydroxyl groups is 39. The number of carbonyl (C=O) groups excluding carboxylic acids is 2. The molecule has 13 saturated heterocycles. The van der Waals surface area contributed by atoms with E-state index >= 15 is 0 Å². The fourth-order valence-corrected chi connectivity index (χ4v) is 19.2. The van der Waals surface area contributed by atoms with Gasteiger partial charge in [0.15, 0.2) is 81.8 Å². The van der Waals surface area contributed by atoms with E-state index in [0.29, 0.717) is 0 Å². The summed E-state index contributed by atoms with van der Waals surface area (Å²) >= 11 is 0. The Morgan fingerprint density at radius 1 is 0.173 bits per heavy atom. The fraction of sp³-hybridized carbons (Fsp3) is 0.976. The molecular weight excluding hydrogens is 2070 g/mol. The van der Waals surface area contributed by atoms with Gasteiger partial charge in [0.1, 0.15) is 317 Å². The Bertz CT molecular complexity index is 4070. The molecule has 0 aliphatic carbocycles. The summed E-state index contributed by atoms with van der Waals surface area (Å²) in [6.45, 7) is -13.5. The van der Waals surface area contributed by atoms with Crippen molar-refractivity contribution in [1.29, 1.82) is 0 Å². The van der Waals surface area contributed by atoms with Crippen LogP contribution in [0.4, 0.5) is 0 Å². The Balaban J connectivity index is 0.865. The molecule has 2 amide bonds. The molecule has 13 aliphatic heterocycles. The Labute approximate surface area is 845 Å². The van der Waals surface area contributed by atoms with Crippen LogP contribution in [0.15, 0.2) is 0 Å². The average Bonchev–Trinajstić information content (AvgIpc) is 0.761. The van der Waals surface area contributed by atoms with E-state index in [0.717, 1.165) is 13.8 Å². The SMILES string of the molecule is CC(=O)N[C@H]1[C@H](O[C@H]2[C@H](O)[C@@H](NC(C)=O)C(O)O[C@@H]2CO)O[C@H](CO)[C@@H](O[C@@H]2O[C@H](CO[C@H]3O[C@H](CO[C@H]4O[C@H](CO)[C@@H](O)[C@H](O)[C@@H]4O[C@H]4O[C@H](CO)[C@@H](O)[C@H](O)[C@@H]4O[C@H]4O[C@H](CO)[C@@H](O)[C@H](O)[C@@H]4O)[C@@H](O)[C@H](O[C@H]4O[C@H](CO)[C@@H](O)[C@H](O)[C@@H]4O)[C@@H]3O)[C@@H](O)[C@H](O[C@H]3O[C@H](CO[C@H]4O[C@H](CO[C@H]5O[C@H](CO)[C@@H](O)[C@H](O)[C@@H]5O)[C@@H](O)[C@H](O)[C@@H]4O)[C@@H](O)[C@H](O)[C@@H]3O[C@H]3O[C@H](CO)[C@@H](O)[C@H](O)[C@@H]3O[C@H]3O[C@H](CO)[C@@H](O)[C@H](O)[C@@H]3O)[C@@H]2O)[C@@H]1O. The van der Waals surface area contributed by atoms with Crippen molar-refractivity contribution < 1.29 is 327 Å². The highest BCUT2D eigenvalue weighted by Crippen LogP contribution is 2.43. The first-order chi connectivity index (χ1) is 71.0. The van der Waals surface area contributed by atoms with Crippen LogP contribution in [0.3, 0.4) is 0 Å². The molecule has 150 heavy (non-hydrogen) atoms. The van der Waals surface area contributed by atoms with E-state index in [4.69, 9.17) is 118 Å². The van der Waals surface area contributed by atoms with E-state index in [9.17, 15) is 209 Å². The van der Waals surface area contributed by atoms with Gasteiger partial charge in [-0.15, -0.1) is 0 Å². The molecular formula is C82H138N2O66. The van der Waals surface area contributed by atoms with Gasteiger partial charge in [-0.05, 0) is 0 Å². The van der Waals surface area contributed by atoms with Gasteiger partial charge < -0.3 is 328 Å². The Morgan fingerprint density at radius 2 is 0.367 bits per heavy atom. The number of hydrogen-bond acceptors (Lipinski definition) is 66. The zero-order valence-corrected chi connectivity index (χ0v) is 79.2. The first-order valence-electron chi connectivity index (χ1n) is 47.7. The predicted octanol–water partition coefficient (Wildman–Crippen LogP) is -29.0. The highest BCUT2D eigenvalue weighted by molar-refractivity contribution is 5.73. The molecule has 41 N–H and O–H groups in total. The van der Waals surface area contributed by atoms with Gasteiger partial charge in [-0.2, -0.15) is 0 Å². The van der Waals surface area contributed by atoms with Gasteiger partial charge in [-0.3, -0.25) is 9.59 Å². The predicted molar refractivity (Wildman–Crippen MR) is 451 cm³/mol. The molecule has 13 aliphatic rings. The minimum Gasteiger partial charge on any atom is -0.394 e. The molecule has 0 aromatic rings. The third-order valence-electron chi connectivity index (χ3n) is 28.0. The topological polar surface area (TPSA) is 1080 Å². The van der Waals surface area contributed by atoms with Gasteiger partial charge in [0, 0.05) is 13.8 Å². The molecule has 0 aromatic carbocycles. The van der Waals surface area contributed by atoms with Crippen LogP contribution in [0, 0.1) is 0 Å². The number of carbonyl (C=O) groups is 2. The Hall–Kier alpha value is -3.62. The number of aliphatic hydroxyl groups excluding tert-OH is 39. The molecule has 0 saturated carbocycles. The van der Waals surface area contributed by atoms with Crippen LogP contribution in [0.2, 0.25) is 0 Å². The summed E-state index contributed by atoms with van der Waals surface area (Å²) in [5, 5.41) is 443. The van der Waals surface area contributed by atoms with Crippen molar-refractivity contribution in [3.63, 3.8) is 0 Å². The zero-order valence-electron chi connectivity index (χ0n) is 79.2. The number of hydrogen-bond donors (Lipinski definition) is 41. The van der Waals surface area contributed by atoms with Crippen molar-refractivity contribution in [2.75, 3.05) is 85.9 Å². The van der Waals surface area contributed by atoms with Crippen molar-refractivity contribution >= 4 is 11.8 Å². The Kier molecular flexibility index (Phi) is 44.2.